The van der Waals surface area contributed by atoms with E-state index in [0.29, 0.717) is 39.6 Å². The van der Waals surface area contributed by atoms with E-state index < -0.39 is 34.7 Å². The summed E-state index contributed by atoms with van der Waals surface area (Å²) in [7, 11) is -9.00. The molecular formula is C40H84O10Si4. The minimum absolute atomic E-state index is 0.607. The molecule has 0 saturated carbocycles. The highest BCUT2D eigenvalue weighted by Crippen LogP contribution is 2.24. The second kappa shape index (κ2) is 32.6. The maximum atomic E-state index is 5.96. The van der Waals surface area contributed by atoms with Crippen LogP contribution in [-0.4, -0.2) is 101 Å². The normalized spacial score (nSPS) is 12.6. The lowest BCUT2D eigenvalue weighted by Gasteiger charge is -2.28. The first-order chi connectivity index (χ1) is 26.0. The van der Waals surface area contributed by atoms with Crippen LogP contribution in [0.25, 0.3) is 0 Å². The summed E-state index contributed by atoms with van der Waals surface area (Å²) in [6, 6.07) is 12.6. The van der Waals surface area contributed by atoms with Crippen molar-refractivity contribution in [3.8, 4) is 0 Å². The molecule has 320 valence electrons. The van der Waals surface area contributed by atoms with Crippen molar-refractivity contribution in [2.24, 2.45) is 0 Å². The van der Waals surface area contributed by atoms with E-state index in [1.165, 1.54) is 49.7 Å². The molecule has 0 aliphatic rings. The predicted molar refractivity (Wildman–Crippen MR) is 232 cm³/mol. The highest BCUT2D eigenvalue weighted by Gasteiger charge is 2.41. The van der Waals surface area contributed by atoms with Crippen molar-refractivity contribution < 1.29 is 44.3 Å². The third-order valence-corrected chi connectivity index (χ3v) is 21.2. The number of unbranched alkanes of at least 4 members (excludes halogenated alkanes) is 5. The molecule has 1 rings (SSSR count). The van der Waals surface area contributed by atoms with Crippen LogP contribution in [0.5, 0.6) is 0 Å². The monoisotopic (exact) mass is 837 g/mol. The number of hydrogen-bond acceptors (Lipinski definition) is 10. The SMILES string of the molecule is CCO[Si](C)(CCCCCCCC[Si](C)(OCC)OCC)OCC.CCO[Si](CCc1ccc(CC[Si](OCC)(OCC)OCC)cc1)(OCC)OCC. The molecule has 0 amide bonds. The van der Waals surface area contributed by atoms with Gasteiger partial charge in [-0.05, 0) is 118 Å². The zero-order valence-electron chi connectivity index (χ0n) is 36.9. The average molecular weight is 837 g/mol. The Bertz CT molecular complexity index is 869. The minimum Gasteiger partial charge on any atom is -0.395 e. The van der Waals surface area contributed by atoms with Gasteiger partial charge in [0, 0.05) is 78.2 Å². The first-order valence-corrected chi connectivity index (χ1v) is 30.4. The third kappa shape index (κ3) is 23.8. The van der Waals surface area contributed by atoms with Gasteiger partial charge in [0.05, 0.1) is 0 Å². The Morgan fingerprint density at radius 2 is 0.537 bits per heavy atom. The largest absolute Gasteiger partial charge is 0.501 e. The quantitative estimate of drug-likeness (QED) is 0.0486. The van der Waals surface area contributed by atoms with Gasteiger partial charge >= 0.3 is 34.7 Å². The summed E-state index contributed by atoms with van der Waals surface area (Å²) in [5, 5.41) is 0. The molecule has 0 heterocycles. The van der Waals surface area contributed by atoms with Gasteiger partial charge in [-0.2, -0.15) is 0 Å². The van der Waals surface area contributed by atoms with Gasteiger partial charge in [-0.15, -0.1) is 0 Å². The fourth-order valence-electron chi connectivity index (χ4n) is 6.66. The molecule has 14 heteroatoms. The van der Waals surface area contributed by atoms with Crippen LogP contribution in [0.2, 0.25) is 37.3 Å². The van der Waals surface area contributed by atoms with Crippen molar-refractivity contribution in [1.82, 2.24) is 0 Å². The van der Waals surface area contributed by atoms with Crippen molar-refractivity contribution in [3.63, 3.8) is 0 Å². The van der Waals surface area contributed by atoms with Gasteiger partial charge in [0.25, 0.3) is 0 Å². The first-order valence-electron chi connectivity index (χ1n) is 21.4. The Morgan fingerprint density at radius 3 is 0.759 bits per heavy atom. The first kappa shape index (κ1) is 53.7. The van der Waals surface area contributed by atoms with Gasteiger partial charge < -0.3 is 44.3 Å². The van der Waals surface area contributed by atoms with Gasteiger partial charge in [0.2, 0.25) is 0 Å². The van der Waals surface area contributed by atoms with E-state index in [1.54, 1.807) is 0 Å². The van der Waals surface area contributed by atoms with Gasteiger partial charge in [-0.1, -0.05) is 62.8 Å². The molecular weight excluding hydrogens is 753 g/mol. The summed E-state index contributed by atoms with van der Waals surface area (Å²) in [4.78, 5) is 0. The predicted octanol–water partition coefficient (Wildman–Crippen LogP) is 10.5. The van der Waals surface area contributed by atoms with Crippen molar-refractivity contribution in [3.05, 3.63) is 35.4 Å². The molecule has 0 fully saturated rings. The molecule has 0 bridgehead atoms. The second-order valence-electron chi connectivity index (χ2n) is 13.4. The van der Waals surface area contributed by atoms with Crippen LogP contribution >= 0.6 is 0 Å². The Kier molecular flexibility index (Phi) is 32.4. The van der Waals surface area contributed by atoms with Crippen molar-refractivity contribution in [2.75, 3.05) is 66.1 Å². The van der Waals surface area contributed by atoms with Crippen LogP contribution in [0.4, 0.5) is 0 Å². The molecule has 0 spiro atoms. The average Bonchev–Trinajstić information content (AvgIpc) is 3.13. The molecule has 10 nitrogen and oxygen atoms in total. The van der Waals surface area contributed by atoms with Crippen LogP contribution < -0.4 is 0 Å². The van der Waals surface area contributed by atoms with Crippen molar-refractivity contribution in [2.45, 2.75) is 158 Å². The standard InChI is InChI=1S/C22H42O6Si2.C18H42O4Si2/c1-7-23-29(24-8-2,25-9-3)19-17-21-13-15-22(16-14-21)18-20-30(26-10-4,27-11-5)28-12-6;1-7-19-23(5,20-8-2)17-15-13-11-12-14-16-18-24(6,21-9-3)22-10-4/h13-16H,7-12,17-20H2,1-6H3;7-18H2,1-6H3. The van der Waals surface area contributed by atoms with Gasteiger partial charge in [0.1, 0.15) is 0 Å². The molecule has 0 aliphatic heterocycles. The molecule has 0 radical (unpaired) electrons. The van der Waals surface area contributed by atoms with E-state index in [0.717, 1.165) is 63.4 Å². The summed E-state index contributed by atoms with van der Waals surface area (Å²) in [6.07, 6.45) is 9.40. The topological polar surface area (TPSA) is 92.3 Å². The van der Waals surface area contributed by atoms with E-state index in [4.69, 9.17) is 44.3 Å². The highest BCUT2D eigenvalue weighted by molar-refractivity contribution is 6.66. The molecule has 1 aromatic rings. The number of hydrogen-bond donors (Lipinski definition) is 0. The zero-order valence-corrected chi connectivity index (χ0v) is 40.9. The third-order valence-electron chi connectivity index (χ3n) is 8.96. The smallest absolute Gasteiger partial charge is 0.395 e. The lowest BCUT2D eigenvalue weighted by molar-refractivity contribution is 0.0705. The molecule has 1 aromatic carbocycles. The van der Waals surface area contributed by atoms with Gasteiger partial charge in [-0.3, -0.25) is 0 Å². The summed E-state index contributed by atoms with van der Waals surface area (Å²) in [5.74, 6) is 0. The summed E-state index contributed by atoms with van der Waals surface area (Å²) in [5.41, 5.74) is 2.52. The van der Waals surface area contributed by atoms with E-state index in [9.17, 15) is 0 Å². The highest BCUT2D eigenvalue weighted by atomic mass is 28.4. The summed E-state index contributed by atoms with van der Waals surface area (Å²) < 4.78 is 59.3. The van der Waals surface area contributed by atoms with E-state index in [2.05, 4.69) is 65.1 Å². The Balaban J connectivity index is 0.00000107. The lowest BCUT2D eigenvalue weighted by atomic mass is 10.1. The maximum Gasteiger partial charge on any atom is 0.501 e. The Morgan fingerprint density at radius 1 is 0.315 bits per heavy atom. The second-order valence-corrected chi connectivity index (χ2v) is 25.6. The maximum absolute atomic E-state index is 5.96. The van der Waals surface area contributed by atoms with E-state index in [1.807, 2.05) is 41.5 Å². The minimum atomic E-state index is -2.60. The fraction of sp³-hybridized carbons (Fsp3) is 0.850. The van der Waals surface area contributed by atoms with Crippen LogP contribution in [-0.2, 0) is 57.1 Å². The van der Waals surface area contributed by atoms with Crippen LogP contribution in [0.1, 0.15) is 119 Å². The molecule has 0 aliphatic carbocycles. The molecule has 54 heavy (non-hydrogen) atoms. The van der Waals surface area contributed by atoms with Crippen LogP contribution in [0.15, 0.2) is 24.3 Å². The van der Waals surface area contributed by atoms with Crippen molar-refractivity contribution in [1.29, 1.82) is 0 Å². The number of benzene rings is 1. The number of aryl methyl sites for hydroxylation is 2. The van der Waals surface area contributed by atoms with E-state index >= 15 is 0 Å². The molecule has 0 atom stereocenters. The molecule has 0 saturated heterocycles. The molecule has 0 unspecified atom stereocenters. The van der Waals surface area contributed by atoms with Gasteiger partial charge in [0.15, 0.2) is 0 Å². The molecule has 0 N–H and O–H groups in total. The Labute approximate surface area is 337 Å². The summed E-state index contributed by atoms with van der Waals surface area (Å²) in [6.45, 7) is 31.3. The summed E-state index contributed by atoms with van der Waals surface area (Å²) >= 11 is 0. The van der Waals surface area contributed by atoms with Gasteiger partial charge in [-0.25, -0.2) is 0 Å². The molecule has 0 aromatic heterocycles. The zero-order chi connectivity index (χ0) is 40.6. The lowest BCUT2D eigenvalue weighted by Crippen LogP contribution is -2.46. The number of rotatable bonds is 35. The van der Waals surface area contributed by atoms with E-state index in [-0.39, 0.29) is 0 Å². The van der Waals surface area contributed by atoms with Crippen LogP contribution in [0, 0.1) is 0 Å². The Hall–Kier alpha value is -0.312. The van der Waals surface area contributed by atoms with Crippen LogP contribution in [0.3, 0.4) is 0 Å². The van der Waals surface area contributed by atoms with Crippen molar-refractivity contribution >= 4 is 34.7 Å². The fourth-order valence-corrected chi connectivity index (χ4v) is 16.8.